The minimum atomic E-state index is -3.54. The number of hydrogen-bond acceptors (Lipinski definition) is 6. The molecule has 0 amide bonds. The molecule has 1 fully saturated rings. The number of nitrogens with one attached hydrogen (secondary N) is 1. The molecule has 0 heterocycles. The first-order valence-corrected chi connectivity index (χ1v) is 15.0. The predicted molar refractivity (Wildman–Crippen MR) is 121 cm³/mol. The molecule has 3 aliphatic carbocycles. The van der Waals surface area contributed by atoms with E-state index in [2.05, 4.69) is 25.5 Å². The molecule has 7 nitrogen and oxygen atoms in total. The Hall–Kier alpha value is -0.480. The second kappa shape index (κ2) is 8.70. The van der Waals surface area contributed by atoms with Crippen LogP contribution in [0, 0.1) is 28.6 Å². The molecule has 0 bridgehead atoms. The zero-order valence-corrected chi connectivity index (χ0v) is 21.1. The van der Waals surface area contributed by atoms with Crippen molar-refractivity contribution in [2.75, 3.05) is 25.7 Å². The van der Waals surface area contributed by atoms with Crippen molar-refractivity contribution in [3.63, 3.8) is 0 Å². The van der Waals surface area contributed by atoms with E-state index >= 15 is 0 Å². The summed E-state index contributed by atoms with van der Waals surface area (Å²) < 4.78 is 55.1. The van der Waals surface area contributed by atoms with Gasteiger partial charge in [-0.25, -0.2) is 13.1 Å². The van der Waals surface area contributed by atoms with Crippen LogP contribution in [0.1, 0.15) is 65.7 Å². The molecule has 0 aromatic carbocycles. The summed E-state index contributed by atoms with van der Waals surface area (Å²) in [7, 11) is -6.86. The Morgan fingerprint density at radius 2 is 1.74 bits per heavy atom. The van der Waals surface area contributed by atoms with Gasteiger partial charge in [0.15, 0.2) is 0 Å². The molecule has 0 aliphatic heterocycles. The van der Waals surface area contributed by atoms with E-state index in [1.807, 2.05) is 0 Å². The summed E-state index contributed by atoms with van der Waals surface area (Å²) in [5.74, 6) is 0.243. The molecule has 0 saturated heterocycles. The van der Waals surface area contributed by atoms with E-state index in [0.717, 1.165) is 38.4 Å². The van der Waals surface area contributed by atoms with Gasteiger partial charge in [0.05, 0.1) is 18.6 Å². The SMILES string of the molecule is CC1(C)CCC2=C1CC[C@H]([C@@]1(C)CC[C@H](OS(C)(=O)=O)C[C@@H]1CO)[C@H]2CNS(C)(=O)=O. The van der Waals surface area contributed by atoms with Crippen molar-refractivity contribution in [3.8, 4) is 0 Å². The fourth-order valence-corrected chi connectivity index (χ4v) is 7.77. The van der Waals surface area contributed by atoms with Crippen LogP contribution in [0.15, 0.2) is 11.1 Å². The summed E-state index contributed by atoms with van der Waals surface area (Å²) >= 11 is 0. The lowest BCUT2D eigenvalue weighted by Crippen LogP contribution is -2.49. The van der Waals surface area contributed by atoms with Gasteiger partial charge < -0.3 is 5.11 Å². The number of rotatable bonds is 7. The molecule has 3 aliphatic rings. The van der Waals surface area contributed by atoms with Crippen molar-refractivity contribution >= 4 is 20.1 Å². The number of aliphatic hydroxyl groups is 1. The molecule has 5 atom stereocenters. The van der Waals surface area contributed by atoms with E-state index in [1.165, 1.54) is 17.4 Å². The van der Waals surface area contributed by atoms with Gasteiger partial charge in [-0.15, -0.1) is 0 Å². The highest BCUT2D eigenvalue weighted by Crippen LogP contribution is 2.59. The van der Waals surface area contributed by atoms with Crippen LogP contribution in [-0.4, -0.2) is 53.7 Å². The second-order valence-corrected chi connectivity index (χ2v) is 14.3. The largest absolute Gasteiger partial charge is 0.396 e. The van der Waals surface area contributed by atoms with Gasteiger partial charge in [-0.2, -0.15) is 8.42 Å². The van der Waals surface area contributed by atoms with Crippen LogP contribution in [-0.2, 0) is 24.3 Å². The van der Waals surface area contributed by atoms with E-state index < -0.39 is 26.2 Å². The van der Waals surface area contributed by atoms with Crippen LogP contribution < -0.4 is 4.72 Å². The first-order valence-electron chi connectivity index (χ1n) is 11.3. The molecule has 31 heavy (non-hydrogen) atoms. The summed E-state index contributed by atoms with van der Waals surface area (Å²) in [5, 5.41) is 10.3. The average Bonchev–Trinajstić information content (AvgIpc) is 2.94. The van der Waals surface area contributed by atoms with Crippen LogP contribution in [0.5, 0.6) is 0 Å². The Bertz CT molecular complexity index is 924. The van der Waals surface area contributed by atoms with E-state index in [-0.39, 0.29) is 35.2 Å². The Balaban J connectivity index is 1.91. The third-order valence-corrected chi connectivity index (χ3v) is 9.60. The Kier molecular flexibility index (Phi) is 7.06. The van der Waals surface area contributed by atoms with Crippen LogP contribution in [0.2, 0.25) is 0 Å². The van der Waals surface area contributed by atoms with Crippen molar-refractivity contribution in [1.29, 1.82) is 0 Å². The quantitative estimate of drug-likeness (QED) is 0.431. The lowest BCUT2D eigenvalue weighted by Gasteiger charge is -2.52. The molecule has 9 heteroatoms. The lowest BCUT2D eigenvalue weighted by atomic mass is 9.53. The highest BCUT2D eigenvalue weighted by molar-refractivity contribution is 7.88. The molecule has 0 aromatic heterocycles. The minimum absolute atomic E-state index is 0.0275. The van der Waals surface area contributed by atoms with Crippen molar-refractivity contribution < 1.29 is 26.1 Å². The van der Waals surface area contributed by atoms with E-state index in [1.54, 1.807) is 0 Å². The highest BCUT2D eigenvalue weighted by atomic mass is 32.2. The molecular formula is C22H39NO6S2. The maximum Gasteiger partial charge on any atom is 0.264 e. The van der Waals surface area contributed by atoms with Crippen LogP contribution in [0.3, 0.4) is 0 Å². The molecule has 0 spiro atoms. The number of hydrogen-bond donors (Lipinski definition) is 2. The maximum absolute atomic E-state index is 11.9. The molecule has 0 unspecified atom stereocenters. The highest BCUT2D eigenvalue weighted by Gasteiger charge is 2.52. The van der Waals surface area contributed by atoms with Gasteiger partial charge in [0.1, 0.15) is 0 Å². The molecule has 180 valence electrons. The summed E-state index contributed by atoms with van der Waals surface area (Å²) in [6, 6.07) is 0. The van der Waals surface area contributed by atoms with E-state index in [0.29, 0.717) is 19.4 Å². The summed E-state index contributed by atoms with van der Waals surface area (Å²) in [6.07, 6.45) is 7.80. The first kappa shape index (κ1) is 25.1. The normalized spacial score (nSPS) is 36.5. The van der Waals surface area contributed by atoms with Gasteiger partial charge in [0.2, 0.25) is 10.0 Å². The van der Waals surface area contributed by atoms with E-state index in [4.69, 9.17) is 4.18 Å². The fraction of sp³-hybridized carbons (Fsp3) is 0.909. The zero-order valence-electron chi connectivity index (χ0n) is 19.5. The second-order valence-electron chi connectivity index (χ2n) is 10.8. The Labute approximate surface area is 188 Å². The van der Waals surface area contributed by atoms with Gasteiger partial charge in [-0.3, -0.25) is 4.18 Å². The average molecular weight is 478 g/mol. The van der Waals surface area contributed by atoms with Crippen molar-refractivity contribution in [1.82, 2.24) is 4.72 Å². The third kappa shape index (κ3) is 5.54. The Morgan fingerprint density at radius 1 is 1.06 bits per heavy atom. The zero-order chi connectivity index (χ0) is 23.2. The van der Waals surface area contributed by atoms with Crippen molar-refractivity contribution in [2.24, 2.45) is 28.6 Å². The molecular weight excluding hydrogens is 438 g/mol. The fourth-order valence-electron chi connectivity index (χ4n) is 6.62. The van der Waals surface area contributed by atoms with Crippen LogP contribution in [0.4, 0.5) is 0 Å². The van der Waals surface area contributed by atoms with Crippen molar-refractivity contribution in [3.05, 3.63) is 11.1 Å². The van der Waals surface area contributed by atoms with Gasteiger partial charge in [-0.1, -0.05) is 31.9 Å². The number of aliphatic hydroxyl groups excluding tert-OH is 1. The number of allylic oxidation sites excluding steroid dienone is 1. The predicted octanol–water partition coefficient (Wildman–Crippen LogP) is 2.82. The standard InChI is InChI=1S/C22H39NO6S2/c1-21(2)10-9-17-18(13-23-30(4,25)26)20(7-6-19(17)21)22(3)11-8-16(12-15(22)14-24)29-31(5,27)28/h15-16,18,20,23-24H,6-14H2,1-5H3/t15-,16+,18+,20+,22+/m1/s1. The van der Waals surface area contributed by atoms with Gasteiger partial charge in [-0.05, 0) is 73.5 Å². The smallest absolute Gasteiger partial charge is 0.264 e. The summed E-state index contributed by atoms with van der Waals surface area (Å²) in [5.41, 5.74) is 2.84. The van der Waals surface area contributed by atoms with Gasteiger partial charge >= 0.3 is 0 Å². The summed E-state index contributed by atoms with van der Waals surface area (Å²) in [6.45, 7) is 7.12. The van der Waals surface area contributed by atoms with Crippen molar-refractivity contribution in [2.45, 2.75) is 71.8 Å². The molecule has 2 N–H and O–H groups in total. The first-order chi connectivity index (χ1) is 14.2. The molecule has 0 aromatic rings. The minimum Gasteiger partial charge on any atom is -0.396 e. The molecule has 1 saturated carbocycles. The van der Waals surface area contributed by atoms with E-state index in [9.17, 15) is 21.9 Å². The number of sulfonamides is 1. The maximum atomic E-state index is 11.9. The van der Waals surface area contributed by atoms with Gasteiger partial charge in [0, 0.05) is 13.2 Å². The molecule has 3 rings (SSSR count). The lowest BCUT2D eigenvalue weighted by molar-refractivity contribution is -0.0502. The van der Waals surface area contributed by atoms with Crippen LogP contribution in [0.25, 0.3) is 0 Å². The van der Waals surface area contributed by atoms with Gasteiger partial charge in [0.25, 0.3) is 10.1 Å². The summed E-state index contributed by atoms with van der Waals surface area (Å²) in [4.78, 5) is 0. The molecule has 0 radical (unpaired) electrons. The Morgan fingerprint density at radius 3 is 2.32 bits per heavy atom. The third-order valence-electron chi connectivity index (χ3n) is 8.29. The van der Waals surface area contributed by atoms with Crippen LogP contribution >= 0.6 is 0 Å². The monoisotopic (exact) mass is 477 g/mol. The topological polar surface area (TPSA) is 110 Å².